The molecule has 0 spiro atoms. The molecular formula is C15H16N2O2. The monoisotopic (exact) mass is 256 g/mol. The fraction of sp³-hybridized carbons (Fsp3) is 0.267. The number of furan rings is 1. The number of benzene rings is 1. The lowest BCUT2D eigenvalue weighted by molar-refractivity contribution is 0.457. The highest BCUT2D eigenvalue weighted by Gasteiger charge is 2.11. The summed E-state index contributed by atoms with van der Waals surface area (Å²) in [6.07, 6.45) is 4.03. The van der Waals surface area contributed by atoms with Crippen LogP contribution in [0.4, 0.5) is 0 Å². The van der Waals surface area contributed by atoms with E-state index in [9.17, 15) is 0 Å². The Kier molecular flexibility index (Phi) is 3.33. The minimum atomic E-state index is 0.0261. The molecule has 0 aliphatic rings. The number of para-hydroxylation sites is 2. The third-order valence-electron chi connectivity index (χ3n) is 3.12. The fourth-order valence-corrected chi connectivity index (χ4v) is 2.12. The first kappa shape index (κ1) is 12.0. The van der Waals surface area contributed by atoms with Crippen molar-refractivity contribution in [1.82, 2.24) is 4.98 Å². The van der Waals surface area contributed by atoms with Gasteiger partial charge < -0.3 is 14.6 Å². The predicted octanol–water partition coefficient (Wildman–Crippen LogP) is 2.92. The fourth-order valence-electron chi connectivity index (χ4n) is 2.12. The first-order chi connectivity index (χ1) is 9.31. The molecule has 0 amide bonds. The van der Waals surface area contributed by atoms with E-state index in [2.05, 4.69) is 4.98 Å². The van der Waals surface area contributed by atoms with Gasteiger partial charge in [0.2, 0.25) is 0 Å². The molecule has 4 heteroatoms. The summed E-state index contributed by atoms with van der Waals surface area (Å²) < 4.78 is 10.9. The topological polar surface area (TPSA) is 65.2 Å². The van der Waals surface area contributed by atoms with E-state index in [1.165, 1.54) is 0 Å². The van der Waals surface area contributed by atoms with Crippen LogP contribution in [0.5, 0.6) is 0 Å². The van der Waals surface area contributed by atoms with Gasteiger partial charge in [0, 0.05) is 18.9 Å². The van der Waals surface area contributed by atoms with Gasteiger partial charge in [-0.2, -0.15) is 0 Å². The van der Waals surface area contributed by atoms with E-state index in [0.717, 1.165) is 29.7 Å². The van der Waals surface area contributed by atoms with Crippen molar-refractivity contribution in [2.24, 2.45) is 5.73 Å². The molecule has 2 N–H and O–H groups in total. The van der Waals surface area contributed by atoms with Gasteiger partial charge in [0.05, 0.1) is 6.26 Å². The lowest BCUT2D eigenvalue weighted by Gasteiger charge is -2.07. The van der Waals surface area contributed by atoms with Crippen molar-refractivity contribution in [1.29, 1.82) is 0 Å². The number of hydrogen-bond acceptors (Lipinski definition) is 4. The van der Waals surface area contributed by atoms with Crippen LogP contribution in [0.25, 0.3) is 11.1 Å². The molecule has 2 aromatic heterocycles. The Morgan fingerprint density at radius 1 is 1.16 bits per heavy atom. The Balaban J connectivity index is 1.60. The molecule has 2 heterocycles. The van der Waals surface area contributed by atoms with Gasteiger partial charge in [0.15, 0.2) is 11.5 Å². The van der Waals surface area contributed by atoms with Gasteiger partial charge >= 0.3 is 0 Å². The smallest absolute Gasteiger partial charge is 0.197 e. The zero-order valence-electron chi connectivity index (χ0n) is 10.6. The van der Waals surface area contributed by atoms with Crippen LogP contribution in [0.1, 0.15) is 18.1 Å². The van der Waals surface area contributed by atoms with Crippen molar-refractivity contribution in [2.45, 2.75) is 25.3 Å². The minimum absolute atomic E-state index is 0.0261. The molecular weight excluding hydrogens is 240 g/mol. The van der Waals surface area contributed by atoms with Gasteiger partial charge in [-0.05, 0) is 30.7 Å². The maximum atomic E-state index is 6.10. The van der Waals surface area contributed by atoms with Crippen LogP contribution in [0.15, 0.2) is 51.5 Å². The lowest BCUT2D eigenvalue weighted by Crippen LogP contribution is -2.23. The standard InChI is InChI=1S/C15H16N2O2/c16-11(7-8-12-4-3-9-18-12)10-15-17-13-5-1-2-6-14(13)19-15/h1-6,9,11H,7-8,10,16H2. The number of nitrogens with zero attached hydrogens (tertiary/aromatic N) is 1. The van der Waals surface area contributed by atoms with Crippen molar-refractivity contribution in [2.75, 3.05) is 0 Å². The average Bonchev–Trinajstić information content (AvgIpc) is 3.04. The van der Waals surface area contributed by atoms with Crippen molar-refractivity contribution in [3.63, 3.8) is 0 Å². The number of aryl methyl sites for hydroxylation is 1. The van der Waals surface area contributed by atoms with Crippen LogP contribution in [0, 0.1) is 0 Å². The highest BCUT2D eigenvalue weighted by molar-refractivity contribution is 5.72. The van der Waals surface area contributed by atoms with Crippen LogP contribution < -0.4 is 5.73 Å². The number of rotatable bonds is 5. The highest BCUT2D eigenvalue weighted by Crippen LogP contribution is 2.16. The third kappa shape index (κ3) is 2.85. The molecule has 3 rings (SSSR count). The Morgan fingerprint density at radius 3 is 2.84 bits per heavy atom. The van der Waals surface area contributed by atoms with Crippen molar-refractivity contribution in [3.05, 3.63) is 54.3 Å². The molecule has 19 heavy (non-hydrogen) atoms. The summed E-state index contributed by atoms with van der Waals surface area (Å²) >= 11 is 0. The maximum absolute atomic E-state index is 6.10. The largest absolute Gasteiger partial charge is 0.469 e. The van der Waals surface area contributed by atoms with Crippen LogP contribution >= 0.6 is 0 Å². The van der Waals surface area contributed by atoms with Gasteiger partial charge in [-0.15, -0.1) is 0 Å². The Hall–Kier alpha value is -2.07. The summed E-state index contributed by atoms with van der Waals surface area (Å²) in [5.74, 6) is 1.67. The zero-order chi connectivity index (χ0) is 13.1. The van der Waals surface area contributed by atoms with Crippen molar-refractivity contribution < 1.29 is 8.83 Å². The summed E-state index contributed by atoms with van der Waals surface area (Å²) in [6.45, 7) is 0. The number of hydrogen-bond donors (Lipinski definition) is 1. The predicted molar refractivity (Wildman–Crippen MR) is 72.7 cm³/mol. The van der Waals surface area contributed by atoms with E-state index < -0.39 is 0 Å². The summed E-state index contributed by atoms with van der Waals surface area (Å²) in [7, 11) is 0. The molecule has 1 atom stereocenters. The lowest BCUT2D eigenvalue weighted by atomic mass is 10.1. The van der Waals surface area contributed by atoms with Crippen LogP contribution in [-0.4, -0.2) is 11.0 Å². The minimum Gasteiger partial charge on any atom is -0.469 e. The van der Waals surface area contributed by atoms with Gasteiger partial charge in [-0.1, -0.05) is 12.1 Å². The zero-order valence-corrected chi connectivity index (χ0v) is 10.6. The third-order valence-corrected chi connectivity index (χ3v) is 3.12. The van der Waals surface area contributed by atoms with Crippen LogP contribution in [-0.2, 0) is 12.8 Å². The maximum Gasteiger partial charge on any atom is 0.197 e. The molecule has 0 fully saturated rings. The number of fused-ring (bicyclic) bond motifs is 1. The quantitative estimate of drug-likeness (QED) is 0.762. The van der Waals surface area contributed by atoms with E-state index in [-0.39, 0.29) is 6.04 Å². The van der Waals surface area contributed by atoms with Gasteiger partial charge in [-0.3, -0.25) is 0 Å². The van der Waals surface area contributed by atoms with Gasteiger partial charge in [-0.25, -0.2) is 4.98 Å². The Bertz CT molecular complexity index is 610. The number of oxazole rings is 1. The molecule has 0 saturated carbocycles. The molecule has 1 aromatic carbocycles. The van der Waals surface area contributed by atoms with Crippen molar-refractivity contribution >= 4 is 11.1 Å². The molecule has 98 valence electrons. The van der Waals surface area contributed by atoms with Gasteiger partial charge in [0.25, 0.3) is 0 Å². The Morgan fingerprint density at radius 2 is 2.05 bits per heavy atom. The molecule has 1 unspecified atom stereocenters. The van der Waals surface area contributed by atoms with Crippen molar-refractivity contribution in [3.8, 4) is 0 Å². The summed E-state index contributed by atoms with van der Waals surface area (Å²) in [5, 5.41) is 0. The second kappa shape index (κ2) is 5.28. The van der Waals surface area contributed by atoms with E-state index in [1.807, 2.05) is 36.4 Å². The van der Waals surface area contributed by atoms with E-state index in [4.69, 9.17) is 14.6 Å². The molecule has 0 aliphatic carbocycles. The first-order valence-electron chi connectivity index (χ1n) is 6.43. The van der Waals surface area contributed by atoms with Crippen LogP contribution in [0.2, 0.25) is 0 Å². The molecule has 4 nitrogen and oxygen atoms in total. The average molecular weight is 256 g/mol. The van der Waals surface area contributed by atoms with E-state index in [0.29, 0.717) is 12.3 Å². The highest BCUT2D eigenvalue weighted by atomic mass is 16.3. The molecule has 0 bridgehead atoms. The first-order valence-corrected chi connectivity index (χ1v) is 6.43. The molecule has 3 aromatic rings. The number of nitrogens with two attached hydrogens (primary N) is 1. The van der Waals surface area contributed by atoms with Crippen LogP contribution in [0.3, 0.4) is 0 Å². The summed E-state index contributed by atoms with van der Waals surface area (Å²) in [6, 6.07) is 11.6. The second-order valence-corrected chi connectivity index (χ2v) is 4.66. The molecule has 0 radical (unpaired) electrons. The number of aromatic nitrogens is 1. The SMILES string of the molecule is NC(CCc1ccco1)Cc1nc2ccccc2o1. The Labute approximate surface area is 111 Å². The summed E-state index contributed by atoms with van der Waals surface area (Å²) in [5.41, 5.74) is 7.80. The van der Waals surface area contributed by atoms with E-state index in [1.54, 1.807) is 6.26 Å². The van der Waals surface area contributed by atoms with Gasteiger partial charge in [0.1, 0.15) is 11.3 Å². The normalized spacial score (nSPS) is 12.9. The van der Waals surface area contributed by atoms with E-state index >= 15 is 0 Å². The second-order valence-electron chi connectivity index (χ2n) is 4.66. The molecule has 0 aliphatic heterocycles. The molecule has 0 saturated heterocycles. The summed E-state index contributed by atoms with van der Waals surface area (Å²) in [4.78, 5) is 4.43.